The van der Waals surface area contributed by atoms with Crippen molar-refractivity contribution in [2.45, 2.75) is 18.4 Å². The molecule has 1 N–H and O–H groups in total. The Hall–Kier alpha value is -1.39. The van der Waals surface area contributed by atoms with E-state index in [0.29, 0.717) is 6.04 Å². The fourth-order valence-corrected chi connectivity index (χ4v) is 3.12. The van der Waals surface area contributed by atoms with Crippen molar-refractivity contribution in [2.75, 3.05) is 26.3 Å². The van der Waals surface area contributed by atoms with Gasteiger partial charge in [-0.1, -0.05) is 30.3 Å². The van der Waals surface area contributed by atoms with E-state index in [9.17, 15) is 9.90 Å². The Bertz CT molecular complexity index is 442. The quantitative estimate of drug-likeness (QED) is 0.894. The van der Waals surface area contributed by atoms with Gasteiger partial charge in [-0.15, -0.1) is 0 Å². The van der Waals surface area contributed by atoms with Gasteiger partial charge in [0.05, 0.1) is 19.1 Å². The van der Waals surface area contributed by atoms with Crippen LogP contribution in [-0.4, -0.2) is 48.3 Å². The van der Waals surface area contributed by atoms with Crippen LogP contribution in [0.2, 0.25) is 0 Å². The summed E-state index contributed by atoms with van der Waals surface area (Å²) in [5, 5.41) is 9.51. The third-order valence-electron chi connectivity index (χ3n) is 4.17. The van der Waals surface area contributed by atoms with Crippen LogP contribution in [0.3, 0.4) is 0 Å². The molecule has 0 amide bonds. The molecule has 4 heteroatoms. The van der Waals surface area contributed by atoms with Crippen LogP contribution in [0.5, 0.6) is 0 Å². The van der Waals surface area contributed by atoms with Crippen molar-refractivity contribution in [1.29, 1.82) is 0 Å². The lowest BCUT2D eigenvalue weighted by molar-refractivity contribution is -0.139. The first-order valence-corrected chi connectivity index (χ1v) is 6.87. The monoisotopic (exact) mass is 261 g/mol. The van der Waals surface area contributed by atoms with Gasteiger partial charge in [0, 0.05) is 19.1 Å². The largest absolute Gasteiger partial charge is 0.481 e. The van der Waals surface area contributed by atoms with Gasteiger partial charge in [-0.05, 0) is 17.9 Å². The molecule has 3 rings (SSSR count). The van der Waals surface area contributed by atoms with Crippen molar-refractivity contribution in [3.8, 4) is 0 Å². The molecule has 1 aliphatic carbocycles. The second-order valence-corrected chi connectivity index (χ2v) is 5.34. The molecule has 1 saturated carbocycles. The summed E-state index contributed by atoms with van der Waals surface area (Å²) < 4.78 is 5.35. The third kappa shape index (κ3) is 2.65. The van der Waals surface area contributed by atoms with Crippen molar-refractivity contribution in [1.82, 2.24) is 4.90 Å². The molecule has 1 aromatic rings. The molecule has 0 aromatic heterocycles. The highest BCUT2D eigenvalue weighted by atomic mass is 16.5. The van der Waals surface area contributed by atoms with E-state index in [2.05, 4.69) is 4.90 Å². The third-order valence-corrected chi connectivity index (χ3v) is 4.17. The molecular weight excluding hydrogens is 242 g/mol. The van der Waals surface area contributed by atoms with Crippen molar-refractivity contribution in [2.24, 2.45) is 5.92 Å². The molecule has 0 bridgehead atoms. The Morgan fingerprint density at radius 3 is 2.58 bits per heavy atom. The molecule has 1 aromatic carbocycles. The van der Waals surface area contributed by atoms with Crippen LogP contribution in [0.1, 0.15) is 17.9 Å². The maximum atomic E-state index is 11.6. The smallest absolute Gasteiger partial charge is 0.311 e. The number of nitrogens with zero attached hydrogens (tertiary/aromatic N) is 1. The molecule has 0 spiro atoms. The average Bonchev–Trinajstić information content (AvgIpc) is 3.21. The van der Waals surface area contributed by atoms with Crippen LogP contribution in [-0.2, 0) is 9.53 Å². The molecule has 1 heterocycles. The number of carboxylic acids is 1. The zero-order valence-corrected chi connectivity index (χ0v) is 10.9. The van der Waals surface area contributed by atoms with Crippen LogP contribution in [0.25, 0.3) is 0 Å². The lowest BCUT2D eigenvalue weighted by atomic mass is 9.94. The number of carboxylic acid groups (broad SMARTS) is 1. The first-order chi connectivity index (χ1) is 9.27. The number of hydrogen-bond acceptors (Lipinski definition) is 3. The summed E-state index contributed by atoms with van der Waals surface area (Å²) in [4.78, 5) is 13.9. The lowest BCUT2D eigenvalue weighted by Gasteiger charge is -2.27. The number of carbonyl (C=O) groups is 1. The molecule has 2 unspecified atom stereocenters. The number of morpholine rings is 1. The van der Waals surface area contributed by atoms with Gasteiger partial charge in [-0.25, -0.2) is 0 Å². The molecule has 1 saturated heterocycles. The summed E-state index contributed by atoms with van der Waals surface area (Å²) in [7, 11) is 0. The van der Waals surface area contributed by atoms with Crippen molar-refractivity contribution < 1.29 is 14.6 Å². The van der Waals surface area contributed by atoms with Gasteiger partial charge in [0.2, 0.25) is 0 Å². The van der Waals surface area contributed by atoms with Gasteiger partial charge >= 0.3 is 5.97 Å². The molecular formula is C15H19NO3. The predicted molar refractivity (Wildman–Crippen MR) is 71.1 cm³/mol. The molecule has 4 nitrogen and oxygen atoms in total. The zero-order chi connectivity index (χ0) is 13.2. The molecule has 2 fully saturated rings. The topological polar surface area (TPSA) is 49.8 Å². The minimum Gasteiger partial charge on any atom is -0.481 e. The van der Waals surface area contributed by atoms with E-state index < -0.39 is 5.97 Å². The van der Waals surface area contributed by atoms with Gasteiger partial charge in [0.15, 0.2) is 0 Å². The number of rotatable bonds is 4. The van der Waals surface area contributed by atoms with Gasteiger partial charge in [-0.2, -0.15) is 0 Å². The van der Waals surface area contributed by atoms with Gasteiger partial charge < -0.3 is 9.84 Å². The normalized spacial score (nSPS) is 28.8. The molecule has 2 aliphatic rings. The molecule has 19 heavy (non-hydrogen) atoms. The van der Waals surface area contributed by atoms with E-state index in [4.69, 9.17) is 4.74 Å². The van der Waals surface area contributed by atoms with Crippen LogP contribution >= 0.6 is 0 Å². The number of ether oxygens (including phenoxy) is 1. The van der Waals surface area contributed by atoms with E-state index >= 15 is 0 Å². The Morgan fingerprint density at radius 2 is 1.95 bits per heavy atom. The standard InChI is InChI=1S/C15H19NO3/c17-15(18)14(11-4-2-1-3-5-11)12-10-13(12)16-6-8-19-9-7-16/h1-5,12-14H,6-10H2,(H,17,18)/t12-,13?,14?/m0/s1. The Labute approximate surface area is 113 Å². The van der Waals surface area contributed by atoms with E-state index in [1.807, 2.05) is 30.3 Å². The van der Waals surface area contributed by atoms with E-state index in [0.717, 1.165) is 38.3 Å². The van der Waals surface area contributed by atoms with E-state index in [1.54, 1.807) is 0 Å². The molecule has 3 atom stereocenters. The molecule has 0 radical (unpaired) electrons. The van der Waals surface area contributed by atoms with Crippen LogP contribution in [0.15, 0.2) is 30.3 Å². The van der Waals surface area contributed by atoms with Crippen LogP contribution in [0.4, 0.5) is 0 Å². The van der Waals surface area contributed by atoms with Gasteiger partial charge in [0.25, 0.3) is 0 Å². The highest BCUT2D eigenvalue weighted by Crippen LogP contribution is 2.46. The zero-order valence-electron chi connectivity index (χ0n) is 10.9. The summed E-state index contributed by atoms with van der Waals surface area (Å²) in [5.41, 5.74) is 0.927. The first kappa shape index (κ1) is 12.6. The minimum absolute atomic E-state index is 0.248. The van der Waals surface area contributed by atoms with Crippen molar-refractivity contribution in [3.63, 3.8) is 0 Å². The molecule has 102 valence electrons. The maximum absolute atomic E-state index is 11.6. The van der Waals surface area contributed by atoms with Crippen LogP contribution in [0, 0.1) is 5.92 Å². The fourth-order valence-electron chi connectivity index (χ4n) is 3.12. The fraction of sp³-hybridized carbons (Fsp3) is 0.533. The average molecular weight is 261 g/mol. The predicted octanol–water partition coefficient (Wildman–Crippen LogP) is 1.58. The minimum atomic E-state index is -0.702. The lowest BCUT2D eigenvalue weighted by Crippen LogP contribution is -2.39. The first-order valence-electron chi connectivity index (χ1n) is 6.87. The van der Waals surface area contributed by atoms with Crippen LogP contribution < -0.4 is 0 Å². The summed E-state index contributed by atoms with van der Waals surface area (Å²) in [6, 6.07) is 10.0. The number of aliphatic carboxylic acids is 1. The van der Waals surface area contributed by atoms with Crippen molar-refractivity contribution >= 4 is 5.97 Å². The van der Waals surface area contributed by atoms with E-state index in [-0.39, 0.29) is 11.8 Å². The second kappa shape index (κ2) is 5.31. The van der Waals surface area contributed by atoms with Gasteiger partial charge in [-0.3, -0.25) is 9.69 Å². The van der Waals surface area contributed by atoms with Crippen molar-refractivity contribution in [3.05, 3.63) is 35.9 Å². The number of hydrogen-bond donors (Lipinski definition) is 1. The Kier molecular flexibility index (Phi) is 3.53. The maximum Gasteiger partial charge on any atom is 0.311 e. The van der Waals surface area contributed by atoms with E-state index in [1.165, 1.54) is 0 Å². The Morgan fingerprint density at radius 1 is 1.26 bits per heavy atom. The summed E-state index contributed by atoms with van der Waals surface area (Å²) >= 11 is 0. The summed E-state index contributed by atoms with van der Waals surface area (Å²) in [6.07, 6.45) is 0.992. The highest BCUT2D eigenvalue weighted by molar-refractivity contribution is 5.77. The molecule has 1 aliphatic heterocycles. The van der Waals surface area contributed by atoms with Gasteiger partial charge in [0.1, 0.15) is 0 Å². The highest BCUT2D eigenvalue weighted by Gasteiger charge is 2.49. The second-order valence-electron chi connectivity index (χ2n) is 5.34. The summed E-state index contributed by atoms with van der Waals surface area (Å²) in [6.45, 7) is 3.41. The SMILES string of the molecule is O=C(O)C(c1ccccc1)[C@H]1CC1N1CCOCC1. The summed E-state index contributed by atoms with van der Waals surface area (Å²) in [5.74, 6) is -0.820. The number of benzene rings is 1. The Balaban J connectivity index is 1.71.